The summed E-state index contributed by atoms with van der Waals surface area (Å²) in [6.45, 7) is 3.43. The highest BCUT2D eigenvalue weighted by Gasteiger charge is 2.05. The molecule has 0 aliphatic heterocycles. The molecule has 0 amide bonds. The van der Waals surface area contributed by atoms with E-state index in [1.54, 1.807) is 19.4 Å². The first-order valence-corrected chi connectivity index (χ1v) is 5.62. The van der Waals surface area contributed by atoms with Crippen molar-refractivity contribution in [2.45, 2.75) is 13.5 Å². The summed E-state index contributed by atoms with van der Waals surface area (Å²) in [7, 11) is 1.57. The average Bonchev–Trinajstić information content (AvgIpc) is 2.85. The van der Waals surface area contributed by atoms with Crippen LogP contribution in [0.15, 0.2) is 22.7 Å². The van der Waals surface area contributed by atoms with E-state index in [1.165, 1.54) is 0 Å². The van der Waals surface area contributed by atoms with Crippen molar-refractivity contribution in [1.29, 1.82) is 0 Å². The quantitative estimate of drug-likeness (QED) is 0.798. The Balaban J connectivity index is 1.97. The number of hydrogen-bond acceptors (Lipinski definition) is 7. The number of rotatable bonds is 6. The number of methoxy groups -OCH3 is 1. The fourth-order valence-corrected chi connectivity index (χ4v) is 1.31. The first-order valence-electron chi connectivity index (χ1n) is 5.62. The molecule has 2 heterocycles. The molecule has 0 saturated carbocycles. The topological polar surface area (TPSA) is 85.1 Å². The number of ether oxygens (including phenoxy) is 1. The lowest BCUT2D eigenvalue weighted by atomic mass is 10.4. The summed E-state index contributed by atoms with van der Waals surface area (Å²) in [4.78, 5) is 4.06. The van der Waals surface area contributed by atoms with Crippen molar-refractivity contribution in [3.05, 3.63) is 24.2 Å². The van der Waals surface area contributed by atoms with E-state index in [0.29, 0.717) is 24.3 Å². The van der Waals surface area contributed by atoms with Crippen LogP contribution in [0.1, 0.15) is 12.8 Å². The van der Waals surface area contributed by atoms with Crippen molar-refractivity contribution >= 4 is 11.7 Å². The van der Waals surface area contributed by atoms with Crippen molar-refractivity contribution < 1.29 is 9.15 Å². The van der Waals surface area contributed by atoms with Crippen LogP contribution in [-0.4, -0.2) is 28.8 Å². The van der Waals surface area contributed by atoms with Crippen molar-refractivity contribution in [3.8, 4) is 5.88 Å². The molecular weight excluding hydrogens is 234 g/mol. The molecule has 0 aromatic carbocycles. The Labute approximate surface area is 105 Å². The summed E-state index contributed by atoms with van der Waals surface area (Å²) in [5, 5.41) is 13.8. The van der Waals surface area contributed by atoms with Crippen molar-refractivity contribution in [3.63, 3.8) is 0 Å². The van der Waals surface area contributed by atoms with E-state index in [9.17, 15) is 0 Å². The van der Waals surface area contributed by atoms with E-state index in [4.69, 9.17) is 9.15 Å². The first kappa shape index (κ1) is 12.3. The van der Waals surface area contributed by atoms with E-state index in [0.717, 1.165) is 12.2 Å². The van der Waals surface area contributed by atoms with Gasteiger partial charge in [0.15, 0.2) is 0 Å². The summed E-state index contributed by atoms with van der Waals surface area (Å²) in [6.07, 6.45) is 1.63. The molecular formula is C11H15N5O2. The summed E-state index contributed by atoms with van der Waals surface area (Å²) in [5.41, 5.74) is 0.759. The van der Waals surface area contributed by atoms with Gasteiger partial charge >= 0.3 is 6.01 Å². The van der Waals surface area contributed by atoms with E-state index in [1.807, 2.05) is 13.0 Å². The molecule has 0 saturated heterocycles. The van der Waals surface area contributed by atoms with Crippen LogP contribution in [0.5, 0.6) is 5.88 Å². The van der Waals surface area contributed by atoms with E-state index in [2.05, 4.69) is 25.8 Å². The van der Waals surface area contributed by atoms with E-state index < -0.39 is 0 Å². The minimum atomic E-state index is 0.342. The Morgan fingerprint density at radius 2 is 2.22 bits per heavy atom. The molecule has 0 atom stereocenters. The molecule has 2 rings (SSSR count). The van der Waals surface area contributed by atoms with Crippen LogP contribution in [-0.2, 0) is 6.54 Å². The maximum Gasteiger partial charge on any atom is 0.320 e. The second kappa shape index (κ2) is 5.97. The summed E-state index contributed by atoms with van der Waals surface area (Å²) >= 11 is 0. The highest BCUT2D eigenvalue weighted by molar-refractivity contribution is 5.50. The molecule has 2 aromatic rings. The van der Waals surface area contributed by atoms with E-state index >= 15 is 0 Å². The molecule has 0 aliphatic carbocycles. The number of pyridine rings is 1. The number of nitrogens with zero attached hydrogens (tertiary/aromatic N) is 3. The molecule has 7 nitrogen and oxygen atoms in total. The third-order valence-corrected chi connectivity index (χ3v) is 2.19. The molecule has 7 heteroatoms. The van der Waals surface area contributed by atoms with Crippen LogP contribution in [0.3, 0.4) is 0 Å². The van der Waals surface area contributed by atoms with Crippen LogP contribution >= 0.6 is 0 Å². The lowest BCUT2D eigenvalue weighted by molar-refractivity contribution is 0.398. The number of hydrogen-bond donors (Lipinski definition) is 2. The number of aromatic nitrogens is 3. The predicted octanol–water partition coefficient (Wildman–Crippen LogP) is 1.33. The molecule has 0 spiro atoms. The Kier molecular flexibility index (Phi) is 4.08. The zero-order valence-corrected chi connectivity index (χ0v) is 10.3. The molecule has 0 aliphatic rings. The van der Waals surface area contributed by atoms with E-state index in [-0.39, 0.29) is 0 Å². The first-order chi connectivity index (χ1) is 8.81. The van der Waals surface area contributed by atoms with Crippen molar-refractivity contribution in [1.82, 2.24) is 20.5 Å². The van der Waals surface area contributed by atoms with Crippen molar-refractivity contribution in [2.75, 3.05) is 19.0 Å². The van der Waals surface area contributed by atoms with Gasteiger partial charge in [-0.15, -0.1) is 5.10 Å². The van der Waals surface area contributed by atoms with Crippen LogP contribution in [0, 0.1) is 0 Å². The van der Waals surface area contributed by atoms with Gasteiger partial charge in [0.2, 0.25) is 11.8 Å². The number of nitrogens with one attached hydrogen (secondary N) is 2. The second-order valence-corrected chi connectivity index (χ2v) is 3.50. The minimum Gasteiger partial charge on any atom is -0.481 e. The lowest BCUT2D eigenvalue weighted by Crippen LogP contribution is -2.11. The van der Waals surface area contributed by atoms with Crippen LogP contribution in [0.4, 0.5) is 11.7 Å². The SMILES string of the molecule is CCNCc1nnc(Nc2ccc(OC)nc2)o1. The molecule has 0 radical (unpaired) electrons. The second-order valence-electron chi connectivity index (χ2n) is 3.50. The smallest absolute Gasteiger partial charge is 0.320 e. The standard InChI is InChI=1S/C11H15N5O2/c1-3-12-7-10-15-16-11(18-10)14-8-4-5-9(17-2)13-6-8/h4-6,12H,3,7H2,1-2H3,(H,14,16). The van der Waals surface area contributed by atoms with Gasteiger partial charge in [0.05, 0.1) is 25.5 Å². The molecule has 0 unspecified atom stereocenters. The minimum absolute atomic E-state index is 0.342. The van der Waals surface area contributed by atoms with Gasteiger partial charge in [0.1, 0.15) is 0 Å². The normalized spacial score (nSPS) is 10.3. The van der Waals surface area contributed by atoms with Gasteiger partial charge in [0, 0.05) is 6.07 Å². The Morgan fingerprint density at radius 3 is 2.89 bits per heavy atom. The van der Waals surface area contributed by atoms with Gasteiger partial charge < -0.3 is 19.8 Å². The molecule has 0 bridgehead atoms. The third-order valence-electron chi connectivity index (χ3n) is 2.19. The molecule has 2 N–H and O–H groups in total. The van der Waals surface area contributed by atoms with Gasteiger partial charge in [-0.25, -0.2) is 4.98 Å². The highest BCUT2D eigenvalue weighted by atomic mass is 16.5. The Hall–Kier alpha value is -2.15. The fraction of sp³-hybridized carbons (Fsp3) is 0.364. The molecule has 18 heavy (non-hydrogen) atoms. The zero-order chi connectivity index (χ0) is 12.8. The predicted molar refractivity (Wildman–Crippen MR) is 65.8 cm³/mol. The van der Waals surface area contributed by atoms with Crippen LogP contribution in [0.25, 0.3) is 0 Å². The summed E-state index contributed by atoms with van der Waals surface area (Å²) in [5.74, 6) is 1.10. The lowest BCUT2D eigenvalue weighted by Gasteiger charge is -2.01. The average molecular weight is 249 g/mol. The molecule has 96 valence electrons. The van der Waals surface area contributed by atoms with Crippen LogP contribution < -0.4 is 15.4 Å². The summed E-state index contributed by atoms with van der Waals surface area (Å²) in [6, 6.07) is 3.91. The fourth-order valence-electron chi connectivity index (χ4n) is 1.31. The van der Waals surface area contributed by atoms with Gasteiger partial charge in [-0.2, -0.15) is 0 Å². The summed E-state index contributed by atoms with van der Waals surface area (Å²) < 4.78 is 10.4. The largest absolute Gasteiger partial charge is 0.481 e. The van der Waals surface area contributed by atoms with Crippen LogP contribution in [0.2, 0.25) is 0 Å². The van der Waals surface area contributed by atoms with Crippen molar-refractivity contribution in [2.24, 2.45) is 0 Å². The Bertz CT molecular complexity index is 482. The maximum absolute atomic E-state index is 5.39. The molecule has 0 fully saturated rings. The number of anilines is 2. The van der Waals surface area contributed by atoms with Gasteiger partial charge in [0.25, 0.3) is 0 Å². The Morgan fingerprint density at radius 1 is 1.33 bits per heavy atom. The van der Waals surface area contributed by atoms with Gasteiger partial charge in [-0.1, -0.05) is 12.0 Å². The molecule has 2 aromatic heterocycles. The highest BCUT2D eigenvalue weighted by Crippen LogP contribution is 2.16. The monoisotopic (exact) mass is 249 g/mol. The van der Waals surface area contributed by atoms with Gasteiger partial charge in [-0.05, 0) is 12.6 Å². The van der Waals surface area contributed by atoms with Gasteiger partial charge in [-0.3, -0.25) is 0 Å². The zero-order valence-electron chi connectivity index (χ0n) is 10.3. The maximum atomic E-state index is 5.39. The third kappa shape index (κ3) is 3.17.